The predicted molar refractivity (Wildman–Crippen MR) is 57.0 cm³/mol. The van der Waals surface area contributed by atoms with E-state index in [1.165, 1.54) is 0 Å². The molecule has 1 heterocycles. The van der Waals surface area contributed by atoms with Crippen molar-refractivity contribution in [3.05, 3.63) is 0 Å². The highest BCUT2D eigenvalue weighted by molar-refractivity contribution is 5.85. The number of ketones is 1. The van der Waals surface area contributed by atoms with Gasteiger partial charge < -0.3 is 10.1 Å². The lowest BCUT2D eigenvalue weighted by molar-refractivity contribution is -0.126. The summed E-state index contributed by atoms with van der Waals surface area (Å²) in [5, 5.41) is 2.98. The van der Waals surface area contributed by atoms with Crippen LogP contribution in [0.1, 0.15) is 48.4 Å². The first-order valence-corrected chi connectivity index (χ1v) is 5.07. The molecule has 3 heteroatoms. The average Bonchev–Trinajstić information content (AvgIpc) is 2.19. The normalized spacial score (nSPS) is 30.1. The lowest BCUT2D eigenvalue weighted by atomic mass is 9.82. The molecule has 1 fully saturated rings. The van der Waals surface area contributed by atoms with Gasteiger partial charge in [-0.2, -0.15) is 0 Å². The van der Waals surface area contributed by atoms with E-state index in [2.05, 4.69) is 5.32 Å². The summed E-state index contributed by atoms with van der Waals surface area (Å²) in [4.78, 5) is 22.4. The first-order valence-electron chi connectivity index (χ1n) is 5.07. The van der Waals surface area contributed by atoms with E-state index in [4.69, 9.17) is 0 Å². The first-order chi connectivity index (χ1) is 6.25. The van der Waals surface area contributed by atoms with Crippen LogP contribution in [0.4, 0.5) is 0 Å². The third kappa shape index (κ3) is 2.34. The van der Waals surface area contributed by atoms with Crippen molar-refractivity contribution >= 4 is 11.7 Å². The molecule has 0 aromatic heterocycles. The van der Waals surface area contributed by atoms with Crippen molar-refractivity contribution in [1.29, 1.82) is 0 Å². The van der Waals surface area contributed by atoms with Crippen molar-refractivity contribution in [3.63, 3.8) is 0 Å². The zero-order chi connectivity index (χ0) is 11.0. The highest BCUT2D eigenvalue weighted by atomic mass is 16.2. The summed E-state index contributed by atoms with van der Waals surface area (Å²) in [5.74, 6) is 0.286. The van der Waals surface area contributed by atoms with Gasteiger partial charge >= 0.3 is 0 Å². The van der Waals surface area contributed by atoms with Gasteiger partial charge in [0.05, 0.1) is 0 Å². The fourth-order valence-corrected chi connectivity index (χ4v) is 2.15. The molecular weight excluding hydrogens is 178 g/mol. The Hall–Kier alpha value is -0.860. The Kier molecular flexibility index (Phi) is 2.70. The van der Waals surface area contributed by atoms with Gasteiger partial charge in [0.25, 0.3) is 0 Å². The summed E-state index contributed by atoms with van der Waals surface area (Å²) < 4.78 is 0. The second-order valence-corrected chi connectivity index (χ2v) is 5.28. The van der Waals surface area contributed by atoms with Gasteiger partial charge in [0.1, 0.15) is 5.78 Å². The van der Waals surface area contributed by atoms with Gasteiger partial charge in [0.2, 0.25) is 5.91 Å². The zero-order valence-electron chi connectivity index (χ0n) is 9.44. The Bertz CT molecular complexity index is 276. The number of nitrogens with one attached hydrogen (secondary N) is 1. The molecule has 0 aliphatic carbocycles. The summed E-state index contributed by atoms with van der Waals surface area (Å²) in [6.07, 6.45) is 2.11. The molecule has 14 heavy (non-hydrogen) atoms. The molecular formula is C11H21NO2. The molecule has 1 unspecified atom stereocenters. The summed E-state index contributed by atoms with van der Waals surface area (Å²) in [6.45, 7) is 7.50. The first kappa shape index (κ1) is 11.2. The van der Waals surface area contributed by atoms with E-state index in [-0.39, 0.29) is 24.1 Å². The third-order valence-corrected chi connectivity index (χ3v) is 2.89. The maximum atomic E-state index is 11.6. The van der Waals surface area contributed by atoms with Crippen LogP contribution < -0.4 is 5.32 Å². The van der Waals surface area contributed by atoms with Gasteiger partial charge in [0.15, 0.2) is 0 Å². The van der Waals surface area contributed by atoms with Crippen molar-refractivity contribution in [1.82, 2.24) is 5.32 Å². The standard InChI is InChI=1S/C11H19NO2.H2/c1-8(13)5-6-11(4)7-10(2,3)9(14)12-11;/h5-7H2,1-4H3,(H,12,14);1H. The number of amides is 1. The highest BCUT2D eigenvalue weighted by Gasteiger charge is 2.45. The number of carbonyl (C=O) groups excluding carboxylic acids is 2. The van der Waals surface area contributed by atoms with Crippen LogP contribution in [0.15, 0.2) is 0 Å². The van der Waals surface area contributed by atoms with E-state index in [0.717, 1.165) is 12.8 Å². The van der Waals surface area contributed by atoms with Crippen LogP contribution in [0.25, 0.3) is 0 Å². The van der Waals surface area contributed by atoms with E-state index in [1.54, 1.807) is 6.92 Å². The largest absolute Gasteiger partial charge is 0.350 e. The van der Waals surface area contributed by atoms with E-state index in [0.29, 0.717) is 6.42 Å². The van der Waals surface area contributed by atoms with Gasteiger partial charge in [-0.1, -0.05) is 13.8 Å². The quantitative estimate of drug-likeness (QED) is 0.754. The van der Waals surface area contributed by atoms with Crippen molar-refractivity contribution in [2.75, 3.05) is 0 Å². The Labute approximate surface area is 86.7 Å². The van der Waals surface area contributed by atoms with Crippen molar-refractivity contribution in [2.24, 2.45) is 5.41 Å². The molecule has 1 rings (SSSR count). The number of rotatable bonds is 3. The minimum absolute atomic E-state index is 0. The minimum Gasteiger partial charge on any atom is -0.350 e. The summed E-state index contributed by atoms with van der Waals surface area (Å²) in [6, 6.07) is 0. The lowest BCUT2D eigenvalue weighted by Gasteiger charge is -2.24. The number of hydrogen-bond acceptors (Lipinski definition) is 2. The molecule has 0 spiro atoms. The van der Waals surface area contributed by atoms with E-state index in [1.807, 2.05) is 20.8 Å². The van der Waals surface area contributed by atoms with Gasteiger partial charge in [-0.25, -0.2) is 0 Å². The number of carbonyl (C=O) groups is 2. The summed E-state index contributed by atoms with van der Waals surface area (Å²) in [7, 11) is 0. The minimum atomic E-state index is -0.286. The monoisotopic (exact) mass is 199 g/mol. The highest BCUT2D eigenvalue weighted by Crippen LogP contribution is 2.37. The Morgan fingerprint density at radius 2 is 2.07 bits per heavy atom. The second-order valence-electron chi connectivity index (χ2n) is 5.28. The SMILES string of the molecule is CC(=O)CCC1(C)CC(C)(C)C(=O)N1.[HH]. The Balaban J connectivity index is 0.00000196. The number of hydrogen-bond donors (Lipinski definition) is 1. The molecule has 0 aromatic carbocycles. The molecule has 1 aliphatic rings. The maximum absolute atomic E-state index is 11.6. The molecule has 0 radical (unpaired) electrons. The van der Waals surface area contributed by atoms with Gasteiger partial charge in [-0.3, -0.25) is 4.79 Å². The molecule has 1 atom stereocenters. The Morgan fingerprint density at radius 1 is 1.50 bits per heavy atom. The summed E-state index contributed by atoms with van der Waals surface area (Å²) >= 11 is 0. The molecule has 3 nitrogen and oxygen atoms in total. The van der Waals surface area contributed by atoms with E-state index >= 15 is 0 Å². The number of Topliss-reactive ketones (excluding diaryl/α,β-unsaturated/α-hetero) is 1. The molecule has 82 valence electrons. The molecule has 1 amide bonds. The fourth-order valence-electron chi connectivity index (χ4n) is 2.15. The topological polar surface area (TPSA) is 46.2 Å². The zero-order valence-corrected chi connectivity index (χ0v) is 9.44. The molecule has 1 N–H and O–H groups in total. The van der Waals surface area contributed by atoms with E-state index < -0.39 is 0 Å². The third-order valence-electron chi connectivity index (χ3n) is 2.89. The molecule has 0 bridgehead atoms. The average molecular weight is 199 g/mol. The summed E-state index contributed by atoms with van der Waals surface area (Å²) in [5.41, 5.74) is -0.474. The van der Waals surface area contributed by atoms with Crippen LogP contribution in [-0.2, 0) is 9.59 Å². The second kappa shape index (κ2) is 3.37. The van der Waals surface area contributed by atoms with Crippen LogP contribution in [0.2, 0.25) is 0 Å². The van der Waals surface area contributed by atoms with Crippen LogP contribution in [0.5, 0.6) is 0 Å². The molecule has 0 aromatic rings. The molecule has 1 saturated heterocycles. The fraction of sp³-hybridized carbons (Fsp3) is 0.818. The van der Waals surface area contributed by atoms with Crippen molar-refractivity contribution < 1.29 is 11.0 Å². The maximum Gasteiger partial charge on any atom is 0.226 e. The van der Waals surface area contributed by atoms with Crippen LogP contribution in [0.3, 0.4) is 0 Å². The van der Waals surface area contributed by atoms with Crippen LogP contribution in [0, 0.1) is 5.41 Å². The Morgan fingerprint density at radius 3 is 2.43 bits per heavy atom. The van der Waals surface area contributed by atoms with Gasteiger partial charge in [0, 0.05) is 18.8 Å². The van der Waals surface area contributed by atoms with Crippen LogP contribution in [-0.4, -0.2) is 17.2 Å². The molecule has 1 aliphatic heterocycles. The van der Waals surface area contributed by atoms with Crippen molar-refractivity contribution in [2.45, 2.75) is 52.5 Å². The van der Waals surface area contributed by atoms with Crippen LogP contribution >= 0.6 is 0 Å². The van der Waals surface area contributed by atoms with Gasteiger partial charge in [-0.05, 0) is 26.7 Å². The van der Waals surface area contributed by atoms with Crippen molar-refractivity contribution in [3.8, 4) is 0 Å². The lowest BCUT2D eigenvalue weighted by Crippen LogP contribution is -2.38. The molecule has 0 saturated carbocycles. The van der Waals surface area contributed by atoms with E-state index in [9.17, 15) is 9.59 Å². The predicted octanol–water partition coefficient (Wildman–Crippen LogP) is 1.91. The van der Waals surface area contributed by atoms with Gasteiger partial charge in [-0.15, -0.1) is 0 Å². The smallest absolute Gasteiger partial charge is 0.226 e.